The van der Waals surface area contributed by atoms with E-state index in [1.54, 1.807) is 6.08 Å². The molecule has 0 atom stereocenters. The second-order valence-electron chi connectivity index (χ2n) is 3.48. The minimum Gasteiger partial charge on any atom is -0.267 e. The molecule has 0 bridgehead atoms. The smallest absolute Gasteiger partial charge is 0.267 e. The van der Waals surface area contributed by atoms with E-state index in [1.807, 2.05) is 30.3 Å². The third-order valence-corrected chi connectivity index (χ3v) is 2.43. The summed E-state index contributed by atoms with van der Waals surface area (Å²) in [7, 11) is 2.62. The maximum absolute atomic E-state index is 11.6. The van der Waals surface area contributed by atoms with Crippen LogP contribution >= 0.6 is 0 Å². The summed E-state index contributed by atoms with van der Waals surface area (Å²) in [5.74, 6) is -1.36. The van der Waals surface area contributed by atoms with Crippen LogP contribution in [0.2, 0.25) is 0 Å². The molecular weight excluding hydrogens is 236 g/mol. The summed E-state index contributed by atoms with van der Waals surface area (Å²) in [5, 5.41) is 1.78. The van der Waals surface area contributed by atoms with E-state index in [9.17, 15) is 9.59 Å². The van der Waals surface area contributed by atoms with Gasteiger partial charge in [0.2, 0.25) is 0 Å². The van der Waals surface area contributed by atoms with Gasteiger partial charge in [0.25, 0.3) is 0 Å². The fraction of sp³-hybridized carbons (Fsp3) is 0.167. The lowest BCUT2D eigenvalue weighted by Gasteiger charge is -2.17. The predicted molar refractivity (Wildman–Crippen MR) is 62.1 cm³/mol. The van der Waals surface area contributed by atoms with Crippen LogP contribution in [0.25, 0.3) is 6.08 Å². The molecule has 1 aromatic rings. The van der Waals surface area contributed by atoms with E-state index in [0.29, 0.717) is 0 Å². The van der Waals surface area contributed by atoms with E-state index in [4.69, 9.17) is 9.68 Å². The van der Waals surface area contributed by atoms with E-state index in [1.165, 1.54) is 14.2 Å². The van der Waals surface area contributed by atoms with Crippen molar-refractivity contribution in [1.29, 1.82) is 0 Å². The number of nitrogens with zero attached hydrogens (tertiary/aromatic N) is 2. The highest BCUT2D eigenvalue weighted by molar-refractivity contribution is 6.37. The number of benzene rings is 1. The molecule has 1 heterocycles. The van der Waals surface area contributed by atoms with E-state index in [-0.39, 0.29) is 5.82 Å². The molecule has 94 valence electrons. The van der Waals surface area contributed by atoms with Crippen LogP contribution in [-0.4, -0.2) is 36.2 Å². The Labute approximate surface area is 104 Å². The van der Waals surface area contributed by atoms with Crippen molar-refractivity contribution >= 4 is 17.9 Å². The summed E-state index contributed by atoms with van der Waals surface area (Å²) in [6.45, 7) is 0. The molecule has 1 aliphatic heterocycles. The van der Waals surface area contributed by atoms with Gasteiger partial charge in [-0.2, -0.15) is 10.1 Å². The predicted octanol–water partition coefficient (Wildman–Crippen LogP) is 0.779. The Morgan fingerprint density at radius 1 is 0.944 bits per heavy atom. The monoisotopic (exact) mass is 248 g/mol. The molecule has 2 rings (SSSR count). The van der Waals surface area contributed by atoms with Crippen molar-refractivity contribution in [2.24, 2.45) is 0 Å². The minimum absolute atomic E-state index is 0.223. The van der Waals surface area contributed by atoms with Gasteiger partial charge in [-0.1, -0.05) is 30.3 Å². The van der Waals surface area contributed by atoms with Crippen molar-refractivity contribution in [2.45, 2.75) is 0 Å². The van der Waals surface area contributed by atoms with Gasteiger partial charge in [0.05, 0.1) is 14.2 Å². The summed E-state index contributed by atoms with van der Waals surface area (Å²) in [4.78, 5) is 33.0. The molecule has 1 aliphatic rings. The lowest BCUT2D eigenvalue weighted by molar-refractivity contribution is -0.164. The fourth-order valence-electron chi connectivity index (χ4n) is 1.63. The van der Waals surface area contributed by atoms with Crippen LogP contribution in [0.4, 0.5) is 0 Å². The molecular formula is C12H12N2O4. The largest absolute Gasteiger partial charge is 0.344 e. The van der Waals surface area contributed by atoms with Crippen molar-refractivity contribution in [2.75, 3.05) is 14.2 Å². The van der Waals surface area contributed by atoms with Gasteiger partial charge in [-0.15, -0.1) is 0 Å². The molecule has 0 unspecified atom stereocenters. The number of rotatable bonds is 3. The van der Waals surface area contributed by atoms with Gasteiger partial charge in [0.15, 0.2) is 5.82 Å². The lowest BCUT2D eigenvalue weighted by Crippen LogP contribution is -2.26. The van der Waals surface area contributed by atoms with Crippen molar-refractivity contribution in [3.05, 3.63) is 41.7 Å². The topological polar surface area (TPSA) is 59.1 Å². The normalized spacial score (nSPS) is 15.6. The van der Waals surface area contributed by atoms with Crippen LogP contribution < -0.4 is 0 Å². The van der Waals surface area contributed by atoms with Crippen LogP contribution in [0.15, 0.2) is 36.2 Å². The van der Waals surface area contributed by atoms with Crippen molar-refractivity contribution in [3.63, 3.8) is 0 Å². The number of amides is 2. The highest BCUT2D eigenvalue weighted by atomic mass is 16.7. The van der Waals surface area contributed by atoms with Crippen molar-refractivity contribution < 1.29 is 19.3 Å². The first-order chi connectivity index (χ1) is 8.69. The lowest BCUT2D eigenvalue weighted by atomic mass is 10.2. The van der Waals surface area contributed by atoms with Crippen LogP contribution in [-0.2, 0) is 19.3 Å². The van der Waals surface area contributed by atoms with Gasteiger partial charge >= 0.3 is 11.8 Å². The second-order valence-corrected chi connectivity index (χ2v) is 3.48. The van der Waals surface area contributed by atoms with Gasteiger partial charge in [0, 0.05) is 0 Å². The molecule has 0 aliphatic carbocycles. The molecule has 0 spiro atoms. The molecule has 0 saturated carbocycles. The highest BCUT2D eigenvalue weighted by Crippen LogP contribution is 2.23. The zero-order valence-electron chi connectivity index (χ0n) is 9.99. The fourth-order valence-corrected chi connectivity index (χ4v) is 1.63. The summed E-state index contributed by atoms with van der Waals surface area (Å²) in [5.41, 5.74) is 0.819. The number of carbonyl (C=O) groups is 2. The van der Waals surface area contributed by atoms with E-state index < -0.39 is 11.8 Å². The Hall–Kier alpha value is -2.18. The van der Waals surface area contributed by atoms with Crippen LogP contribution in [0, 0.1) is 0 Å². The minimum atomic E-state index is -0.790. The third-order valence-electron chi connectivity index (χ3n) is 2.43. The van der Waals surface area contributed by atoms with E-state index >= 15 is 0 Å². The van der Waals surface area contributed by atoms with Crippen LogP contribution in [0.3, 0.4) is 0 Å². The molecule has 0 aromatic heterocycles. The maximum atomic E-state index is 11.6. The van der Waals surface area contributed by atoms with Gasteiger partial charge in [-0.05, 0) is 11.6 Å². The standard InChI is InChI=1S/C12H12N2O4/c1-17-13-10(8-9-6-4-3-5-7-9)14(18-2)12(16)11(13)15/h3-8H,1-2H3. The quantitative estimate of drug-likeness (QED) is 0.742. The molecule has 18 heavy (non-hydrogen) atoms. The third kappa shape index (κ3) is 1.99. The Kier molecular flexibility index (Phi) is 3.40. The number of hydrogen-bond acceptors (Lipinski definition) is 4. The SMILES string of the molecule is CON1C(=O)C(=O)N(OC)C1=Cc1ccccc1. The zero-order valence-corrected chi connectivity index (χ0v) is 9.99. The summed E-state index contributed by atoms with van der Waals surface area (Å²) >= 11 is 0. The molecule has 2 amide bonds. The Balaban J connectivity index is 2.43. The summed E-state index contributed by atoms with van der Waals surface area (Å²) in [6.07, 6.45) is 1.62. The Bertz CT molecular complexity index is 474. The Morgan fingerprint density at radius 2 is 1.44 bits per heavy atom. The molecule has 0 N–H and O–H groups in total. The Morgan fingerprint density at radius 3 is 1.89 bits per heavy atom. The first kappa shape index (κ1) is 12.3. The van der Waals surface area contributed by atoms with Gasteiger partial charge in [-0.3, -0.25) is 19.3 Å². The number of hydroxylamine groups is 4. The van der Waals surface area contributed by atoms with E-state index in [0.717, 1.165) is 15.7 Å². The first-order valence-corrected chi connectivity index (χ1v) is 5.22. The molecule has 1 fully saturated rings. The van der Waals surface area contributed by atoms with Crippen molar-refractivity contribution in [1.82, 2.24) is 10.1 Å². The van der Waals surface area contributed by atoms with Crippen LogP contribution in [0.5, 0.6) is 0 Å². The number of carbonyl (C=O) groups excluding carboxylic acids is 2. The molecule has 6 nitrogen and oxygen atoms in total. The van der Waals surface area contributed by atoms with Gasteiger partial charge in [0.1, 0.15) is 0 Å². The summed E-state index contributed by atoms with van der Waals surface area (Å²) in [6, 6.07) is 9.23. The molecule has 6 heteroatoms. The zero-order chi connectivity index (χ0) is 13.1. The van der Waals surface area contributed by atoms with E-state index in [2.05, 4.69) is 0 Å². The van der Waals surface area contributed by atoms with Gasteiger partial charge < -0.3 is 0 Å². The first-order valence-electron chi connectivity index (χ1n) is 5.22. The molecule has 1 aromatic carbocycles. The summed E-state index contributed by atoms with van der Waals surface area (Å²) < 4.78 is 0. The van der Waals surface area contributed by atoms with Crippen LogP contribution in [0.1, 0.15) is 5.56 Å². The van der Waals surface area contributed by atoms with Gasteiger partial charge in [-0.25, -0.2) is 0 Å². The average molecular weight is 248 g/mol. The second kappa shape index (κ2) is 4.99. The molecule has 0 radical (unpaired) electrons. The highest BCUT2D eigenvalue weighted by Gasteiger charge is 2.42. The van der Waals surface area contributed by atoms with Crippen molar-refractivity contribution in [3.8, 4) is 0 Å². The average Bonchev–Trinajstić information content (AvgIpc) is 2.62. The maximum Gasteiger partial charge on any atom is 0.344 e. The number of hydrogen-bond donors (Lipinski definition) is 0. The molecule has 1 saturated heterocycles.